The van der Waals surface area contributed by atoms with Crippen molar-refractivity contribution in [3.05, 3.63) is 35.4 Å². The Bertz CT molecular complexity index is 513. The second kappa shape index (κ2) is 6.52. The molecule has 1 fully saturated rings. The van der Waals surface area contributed by atoms with Gasteiger partial charge in [0.2, 0.25) is 0 Å². The Morgan fingerprint density at radius 1 is 1.24 bits per heavy atom. The molecule has 2 N–H and O–H groups in total. The number of hydrogen-bond donors (Lipinski definition) is 2. The third-order valence-corrected chi connectivity index (χ3v) is 4.24. The van der Waals surface area contributed by atoms with Gasteiger partial charge in [0.15, 0.2) is 0 Å². The number of rotatable bonds is 4. The third kappa shape index (κ3) is 3.59. The maximum atomic E-state index is 14.0. The zero-order valence-electron chi connectivity index (χ0n) is 12.2. The largest absolute Gasteiger partial charge is 0.480 e. The zero-order valence-corrected chi connectivity index (χ0v) is 12.2. The average molecular weight is 297 g/mol. The van der Waals surface area contributed by atoms with Crippen LogP contribution in [0, 0.1) is 11.6 Å². The van der Waals surface area contributed by atoms with Crippen LogP contribution in [-0.4, -0.2) is 17.1 Å². The molecule has 0 aromatic heterocycles. The van der Waals surface area contributed by atoms with Gasteiger partial charge in [-0.2, -0.15) is 0 Å². The van der Waals surface area contributed by atoms with E-state index in [9.17, 15) is 18.7 Å². The van der Waals surface area contributed by atoms with E-state index in [0.717, 1.165) is 56.7 Å². The molecule has 0 bridgehead atoms. The number of hydrogen-bond acceptors (Lipinski definition) is 2. The lowest BCUT2D eigenvalue weighted by Crippen LogP contribution is -2.51. The van der Waals surface area contributed by atoms with Gasteiger partial charge < -0.3 is 5.11 Å². The van der Waals surface area contributed by atoms with E-state index >= 15 is 0 Å². The predicted octanol–water partition coefficient (Wildman–Crippen LogP) is 3.58. The predicted molar refractivity (Wildman–Crippen MR) is 76.0 cm³/mol. The highest BCUT2D eigenvalue weighted by atomic mass is 19.1. The molecule has 1 saturated carbocycles. The number of carboxylic acids is 1. The van der Waals surface area contributed by atoms with Crippen LogP contribution in [0.1, 0.15) is 51.0 Å². The van der Waals surface area contributed by atoms with E-state index in [-0.39, 0.29) is 11.6 Å². The van der Waals surface area contributed by atoms with Crippen molar-refractivity contribution in [1.29, 1.82) is 0 Å². The maximum Gasteiger partial charge on any atom is 0.328 e. The first-order chi connectivity index (χ1) is 9.93. The fourth-order valence-corrected chi connectivity index (χ4v) is 2.97. The minimum atomic E-state index is -1.62. The molecule has 1 unspecified atom stereocenters. The minimum Gasteiger partial charge on any atom is -0.480 e. The molecule has 1 aliphatic carbocycles. The summed E-state index contributed by atoms with van der Waals surface area (Å²) < 4.78 is 27.4. The Labute approximate surface area is 123 Å². The number of nitrogens with one attached hydrogen (secondary N) is 1. The lowest BCUT2D eigenvalue weighted by atomic mass is 9.89. The molecular formula is C16H21F2NO2. The van der Waals surface area contributed by atoms with Crippen LogP contribution in [0.5, 0.6) is 0 Å². The molecule has 1 atom stereocenters. The highest BCUT2D eigenvalue weighted by molar-refractivity contribution is 5.80. The lowest BCUT2D eigenvalue weighted by molar-refractivity contribution is -0.145. The van der Waals surface area contributed by atoms with Crippen molar-refractivity contribution in [2.75, 3.05) is 0 Å². The molecule has 1 aromatic carbocycles. The summed E-state index contributed by atoms with van der Waals surface area (Å²) in [4.78, 5) is 11.7. The molecule has 0 saturated heterocycles. The highest BCUT2D eigenvalue weighted by Crippen LogP contribution is 2.28. The van der Waals surface area contributed by atoms with Crippen LogP contribution >= 0.6 is 0 Å². The summed E-state index contributed by atoms with van der Waals surface area (Å²) in [6, 6.07) is 2.94. The Kier molecular flexibility index (Phi) is 4.93. The third-order valence-electron chi connectivity index (χ3n) is 4.24. The summed E-state index contributed by atoms with van der Waals surface area (Å²) in [5, 5.41) is 12.6. The van der Waals surface area contributed by atoms with Gasteiger partial charge in [-0.15, -0.1) is 0 Å². The topological polar surface area (TPSA) is 49.3 Å². The summed E-state index contributed by atoms with van der Waals surface area (Å²) in [5.74, 6) is -2.54. The number of halogens is 2. The number of aliphatic carboxylic acids is 1. The van der Waals surface area contributed by atoms with Crippen LogP contribution in [0.25, 0.3) is 0 Å². The monoisotopic (exact) mass is 297 g/mol. The Hall–Kier alpha value is -1.49. The summed E-state index contributed by atoms with van der Waals surface area (Å²) in [7, 11) is 0. The molecule has 1 aliphatic rings. The van der Waals surface area contributed by atoms with Crippen molar-refractivity contribution < 1.29 is 18.7 Å². The first kappa shape index (κ1) is 15.9. The standard InChI is InChI=1S/C16H21F2NO2/c1-16(15(20)21,13-10-11(17)8-9-14(13)18)19-12-6-4-2-3-5-7-12/h8-10,12,19H,2-7H2,1H3,(H,20,21). The van der Waals surface area contributed by atoms with E-state index in [4.69, 9.17) is 0 Å². The van der Waals surface area contributed by atoms with E-state index < -0.39 is 23.1 Å². The van der Waals surface area contributed by atoms with Gasteiger partial charge in [-0.3, -0.25) is 5.32 Å². The van der Waals surface area contributed by atoms with E-state index in [1.165, 1.54) is 6.92 Å². The van der Waals surface area contributed by atoms with Gasteiger partial charge >= 0.3 is 5.97 Å². The molecule has 0 radical (unpaired) electrons. The van der Waals surface area contributed by atoms with Crippen molar-refractivity contribution in [2.24, 2.45) is 0 Å². The van der Waals surface area contributed by atoms with Gasteiger partial charge in [0.25, 0.3) is 0 Å². The molecule has 5 heteroatoms. The van der Waals surface area contributed by atoms with Gasteiger partial charge in [-0.05, 0) is 38.0 Å². The fourth-order valence-electron chi connectivity index (χ4n) is 2.97. The molecule has 116 valence electrons. The van der Waals surface area contributed by atoms with Crippen LogP contribution in [-0.2, 0) is 10.3 Å². The van der Waals surface area contributed by atoms with Crippen LogP contribution in [0.3, 0.4) is 0 Å². The van der Waals surface area contributed by atoms with Crippen molar-refractivity contribution in [1.82, 2.24) is 5.32 Å². The summed E-state index contributed by atoms with van der Waals surface area (Å²) in [6.45, 7) is 1.40. The summed E-state index contributed by atoms with van der Waals surface area (Å²) in [6.07, 6.45) is 6.05. The number of carbonyl (C=O) groups is 1. The zero-order chi connectivity index (χ0) is 15.5. The van der Waals surface area contributed by atoms with E-state index in [1.807, 2.05) is 0 Å². The molecule has 1 aromatic rings. The number of benzene rings is 1. The molecule has 21 heavy (non-hydrogen) atoms. The normalized spacial score (nSPS) is 19.8. The highest BCUT2D eigenvalue weighted by Gasteiger charge is 2.39. The summed E-state index contributed by atoms with van der Waals surface area (Å²) >= 11 is 0. The lowest BCUT2D eigenvalue weighted by Gasteiger charge is -2.32. The Balaban J connectivity index is 2.31. The van der Waals surface area contributed by atoms with Gasteiger partial charge in [0, 0.05) is 11.6 Å². The van der Waals surface area contributed by atoms with Gasteiger partial charge in [0.1, 0.15) is 17.2 Å². The van der Waals surface area contributed by atoms with Crippen molar-refractivity contribution in [3.63, 3.8) is 0 Å². The van der Waals surface area contributed by atoms with Crippen molar-refractivity contribution in [3.8, 4) is 0 Å². The SMILES string of the molecule is CC(NC1CCCCCC1)(C(=O)O)c1cc(F)ccc1F. The molecule has 0 amide bonds. The fraction of sp³-hybridized carbons (Fsp3) is 0.562. The first-order valence-corrected chi connectivity index (χ1v) is 7.40. The molecule has 3 nitrogen and oxygen atoms in total. The van der Waals surface area contributed by atoms with Crippen LogP contribution < -0.4 is 5.32 Å². The van der Waals surface area contributed by atoms with E-state index in [2.05, 4.69) is 5.32 Å². The van der Waals surface area contributed by atoms with Gasteiger partial charge in [-0.1, -0.05) is 25.7 Å². The van der Waals surface area contributed by atoms with E-state index in [0.29, 0.717) is 0 Å². The second-order valence-electron chi connectivity index (χ2n) is 5.89. The Morgan fingerprint density at radius 3 is 2.43 bits per heavy atom. The maximum absolute atomic E-state index is 14.0. The molecule has 0 spiro atoms. The Morgan fingerprint density at radius 2 is 1.86 bits per heavy atom. The van der Waals surface area contributed by atoms with E-state index in [1.54, 1.807) is 0 Å². The average Bonchev–Trinajstić information content (AvgIpc) is 2.69. The molecule has 0 heterocycles. The molecule has 2 rings (SSSR count). The van der Waals surface area contributed by atoms with Gasteiger partial charge in [-0.25, -0.2) is 13.6 Å². The minimum absolute atomic E-state index is 0.0104. The number of carboxylic acid groups (broad SMARTS) is 1. The van der Waals surface area contributed by atoms with Crippen LogP contribution in [0.2, 0.25) is 0 Å². The smallest absolute Gasteiger partial charge is 0.328 e. The summed E-state index contributed by atoms with van der Waals surface area (Å²) in [5.41, 5.74) is -1.78. The van der Waals surface area contributed by atoms with Crippen LogP contribution in [0.4, 0.5) is 8.78 Å². The molecule has 0 aliphatic heterocycles. The van der Waals surface area contributed by atoms with Gasteiger partial charge in [0.05, 0.1) is 0 Å². The van der Waals surface area contributed by atoms with Crippen LogP contribution in [0.15, 0.2) is 18.2 Å². The molecular weight excluding hydrogens is 276 g/mol. The first-order valence-electron chi connectivity index (χ1n) is 7.40. The second-order valence-corrected chi connectivity index (χ2v) is 5.89. The van der Waals surface area contributed by atoms with Crippen molar-refractivity contribution >= 4 is 5.97 Å². The quantitative estimate of drug-likeness (QED) is 0.835. The van der Waals surface area contributed by atoms with Crippen molar-refractivity contribution in [2.45, 2.75) is 57.0 Å².